The molecule has 0 N–H and O–H groups in total. The normalized spacial score (nSPS) is 12.0. The minimum Gasteiger partial charge on any atom is -0.00407 e. The van der Waals surface area contributed by atoms with Crippen molar-refractivity contribution in [1.29, 1.82) is 0 Å². The highest BCUT2D eigenvalue weighted by atomic mass is 19.6. The van der Waals surface area contributed by atoms with Crippen LogP contribution in [0.1, 0.15) is 6.92 Å². The first-order valence-corrected chi connectivity index (χ1v) is 1.53. The highest BCUT2D eigenvalue weighted by molar-refractivity contribution is 3.88. The van der Waals surface area contributed by atoms with Gasteiger partial charge in [0, 0.05) is 0 Å². The van der Waals surface area contributed by atoms with E-state index in [1.807, 2.05) is 0 Å². The first-order chi connectivity index (χ1) is 2.56. The number of quaternary nitrogens is 1. The average molecular weight is 100 g/mol. The standard InChI is InChI=1S/C2H5F3N/c1-2-6(3,4)5/h2H2,1H3/q+1. The maximum atomic E-state index is 10.7. The number of hydrogen-bond acceptors (Lipinski definition) is 0. The van der Waals surface area contributed by atoms with Crippen LogP contribution in [0, 0.1) is 0 Å². The molecule has 0 rings (SSSR count). The van der Waals surface area contributed by atoms with E-state index in [4.69, 9.17) is 0 Å². The molecule has 0 saturated heterocycles. The monoisotopic (exact) mass is 100 g/mol. The lowest BCUT2D eigenvalue weighted by atomic mass is 10.8. The topological polar surface area (TPSA) is 0 Å². The average Bonchev–Trinajstić information content (AvgIpc) is 1.35. The van der Waals surface area contributed by atoms with Crippen molar-refractivity contribution in [3.8, 4) is 0 Å². The van der Waals surface area contributed by atoms with Gasteiger partial charge in [0.1, 0.15) is 0 Å². The van der Waals surface area contributed by atoms with Gasteiger partial charge in [-0.15, -0.1) is 0 Å². The molecule has 38 valence electrons. The molecule has 0 aromatic carbocycles. The Morgan fingerprint density at radius 1 is 1.33 bits per heavy atom. The maximum Gasteiger partial charge on any atom is 0.244 e. The van der Waals surface area contributed by atoms with Gasteiger partial charge in [0.05, 0.1) is 13.4 Å². The summed E-state index contributed by atoms with van der Waals surface area (Å²) in [5.74, 6) is 0. The second-order valence-electron chi connectivity index (χ2n) is 0.866. The number of rotatable bonds is 1. The Hall–Kier alpha value is -0.250. The minimum absolute atomic E-state index is 0.792. The van der Waals surface area contributed by atoms with Gasteiger partial charge >= 0.3 is 0 Å². The predicted octanol–water partition coefficient (Wildman–Crippen LogP) is 1.48. The number of hydrogen-bond donors (Lipinski definition) is 0. The lowest BCUT2D eigenvalue weighted by Crippen LogP contribution is -2.16. The molecule has 0 amide bonds. The van der Waals surface area contributed by atoms with Crippen molar-refractivity contribution in [2.24, 2.45) is 0 Å². The largest absolute Gasteiger partial charge is 0.244 e. The van der Waals surface area contributed by atoms with Crippen molar-refractivity contribution in [3.05, 3.63) is 0 Å². The molecule has 0 aliphatic heterocycles. The summed E-state index contributed by atoms with van der Waals surface area (Å²) in [6, 6.07) is 0. The highest BCUT2D eigenvalue weighted by Crippen LogP contribution is 2.06. The van der Waals surface area contributed by atoms with E-state index >= 15 is 0 Å². The minimum atomic E-state index is -3.43. The zero-order valence-electron chi connectivity index (χ0n) is 3.29. The Morgan fingerprint density at radius 3 is 1.50 bits per heavy atom. The molecule has 0 aromatic heterocycles. The van der Waals surface area contributed by atoms with Gasteiger partial charge in [-0.1, -0.05) is 0 Å². The van der Waals surface area contributed by atoms with Crippen LogP contribution >= 0.6 is 0 Å². The Kier molecular flexibility index (Phi) is 1.40. The molecule has 0 aromatic rings. The number of halogens is 3. The fraction of sp³-hybridized carbons (Fsp3) is 1.00. The van der Waals surface area contributed by atoms with Crippen molar-refractivity contribution in [2.75, 3.05) is 6.54 Å². The third-order valence-corrected chi connectivity index (χ3v) is 0.359. The summed E-state index contributed by atoms with van der Waals surface area (Å²) in [5.41, 5.74) is 0. The van der Waals surface area contributed by atoms with Crippen LogP contribution in [-0.2, 0) is 0 Å². The van der Waals surface area contributed by atoms with Crippen LogP contribution in [0.15, 0.2) is 0 Å². The van der Waals surface area contributed by atoms with Gasteiger partial charge in [-0.2, -0.15) is 0 Å². The first kappa shape index (κ1) is 5.75. The zero-order valence-corrected chi connectivity index (χ0v) is 3.29. The van der Waals surface area contributed by atoms with Gasteiger partial charge in [0.25, 0.3) is 0 Å². The second-order valence-corrected chi connectivity index (χ2v) is 0.866. The van der Waals surface area contributed by atoms with E-state index in [1.165, 1.54) is 0 Å². The maximum absolute atomic E-state index is 10.7. The molecule has 4 heteroatoms. The van der Waals surface area contributed by atoms with Crippen LogP contribution in [0.3, 0.4) is 0 Å². The molecule has 0 heterocycles. The van der Waals surface area contributed by atoms with Crippen LogP contribution in [-0.4, -0.2) is 11.7 Å². The van der Waals surface area contributed by atoms with Crippen LogP contribution in [0.25, 0.3) is 0 Å². The molecular weight excluding hydrogens is 95.0 g/mol. The van der Waals surface area contributed by atoms with Crippen LogP contribution in [0.2, 0.25) is 0 Å². The highest BCUT2D eigenvalue weighted by Gasteiger charge is 2.25. The van der Waals surface area contributed by atoms with Gasteiger partial charge < -0.3 is 0 Å². The summed E-state index contributed by atoms with van der Waals surface area (Å²) in [6.45, 7) is 0.264. The van der Waals surface area contributed by atoms with Crippen molar-refractivity contribution < 1.29 is 18.6 Å². The zero-order chi connectivity index (χ0) is 5.21. The quantitative estimate of drug-likeness (QED) is 0.438. The van der Waals surface area contributed by atoms with Crippen molar-refractivity contribution in [2.45, 2.75) is 6.92 Å². The van der Waals surface area contributed by atoms with Gasteiger partial charge in [-0.05, 0) is 6.92 Å². The summed E-state index contributed by atoms with van der Waals surface area (Å²) >= 11 is 0. The second kappa shape index (κ2) is 1.47. The molecule has 0 fully saturated rings. The van der Waals surface area contributed by atoms with Gasteiger partial charge in [-0.3, -0.25) is 0 Å². The Balaban J connectivity index is 3.17. The third kappa shape index (κ3) is 3.75. The van der Waals surface area contributed by atoms with E-state index in [0.29, 0.717) is 0 Å². The lowest BCUT2D eigenvalue weighted by Gasteiger charge is -1.90. The molecule has 0 bridgehead atoms. The van der Waals surface area contributed by atoms with Crippen molar-refractivity contribution >= 4 is 0 Å². The molecule has 0 atom stereocenters. The molecule has 0 aliphatic carbocycles. The van der Waals surface area contributed by atoms with Crippen molar-refractivity contribution in [1.82, 2.24) is 0 Å². The van der Waals surface area contributed by atoms with E-state index in [1.54, 1.807) is 0 Å². The predicted molar refractivity (Wildman–Crippen MR) is 14.1 cm³/mol. The summed E-state index contributed by atoms with van der Waals surface area (Å²) in [6.07, 6.45) is 0. The van der Waals surface area contributed by atoms with Crippen LogP contribution in [0.5, 0.6) is 0 Å². The fourth-order valence-electron chi connectivity index (χ4n) is 0. The Labute approximate surface area is 33.4 Å². The molecule has 0 unspecified atom stereocenters. The molecule has 0 spiro atoms. The van der Waals surface area contributed by atoms with E-state index in [-0.39, 0.29) is 0 Å². The van der Waals surface area contributed by atoms with Gasteiger partial charge in [0.15, 0.2) is 6.54 Å². The van der Waals surface area contributed by atoms with Gasteiger partial charge in [-0.25, -0.2) is 0 Å². The number of nitrogens with zero attached hydrogens (tertiary/aromatic N) is 1. The van der Waals surface area contributed by atoms with Crippen LogP contribution < -0.4 is 0 Å². The molecule has 1 nitrogen and oxygen atoms in total. The Morgan fingerprint density at radius 2 is 1.50 bits per heavy atom. The van der Waals surface area contributed by atoms with E-state index in [0.717, 1.165) is 6.92 Å². The summed E-state index contributed by atoms with van der Waals surface area (Å²) in [7, 11) is 0. The van der Waals surface area contributed by atoms with E-state index in [2.05, 4.69) is 0 Å². The SMILES string of the molecule is CC[N+](F)(F)F. The molecule has 0 radical (unpaired) electrons. The summed E-state index contributed by atoms with van der Waals surface area (Å²) < 4.78 is 32.2. The van der Waals surface area contributed by atoms with Crippen LogP contribution in [0.4, 0.5) is 13.4 Å². The molecular formula is C2H5F3N+. The van der Waals surface area contributed by atoms with Gasteiger partial charge in [0.2, 0.25) is 5.15 Å². The lowest BCUT2D eigenvalue weighted by molar-refractivity contribution is -1.27. The van der Waals surface area contributed by atoms with E-state index < -0.39 is 11.7 Å². The fourth-order valence-corrected chi connectivity index (χ4v) is 0. The molecule has 6 heavy (non-hydrogen) atoms. The first-order valence-electron chi connectivity index (χ1n) is 1.53. The molecule has 0 saturated carbocycles. The molecule has 0 aliphatic rings. The smallest absolute Gasteiger partial charge is 0.00407 e. The summed E-state index contributed by atoms with van der Waals surface area (Å²) in [4.78, 5) is 0. The third-order valence-electron chi connectivity index (χ3n) is 0.359. The Bertz CT molecular complexity index is 38.5. The van der Waals surface area contributed by atoms with E-state index in [9.17, 15) is 13.4 Å². The summed E-state index contributed by atoms with van der Waals surface area (Å²) in [5, 5.41) is -3.43. The van der Waals surface area contributed by atoms with Crippen molar-refractivity contribution in [3.63, 3.8) is 0 Å².